The lowest BCUT2D eigenvalue weighted by molar-refractivity contribution is 0.107. The zero-order chi connectivity index (χ0) is 13.9. The number of ether oxygens (including phenoxy) is 1. The van der Waals surface area contributed by atoms with Gasteiger partial charge >= 0.3 is 0 Å². The van der Waals surface area contributed by atoms with E-state index in [1.807, 2.05) is 6.92 Å². The fraction of sp³-hybridized carbons (Fsp3) is 0.583. The number of aromatic nitrogens is 1. The van der Waals surface area contributed by atoms with Crippen LogP contribution in [0.5, 0.6) is 0 Å². The minimum atomic E-state index is -3.59. The van der Waals surface area contributed by atoms with Gasteiger partial charge in [0.25, 0.3) is 10.0 Å². The van der Waals surface area contributed by atoms with Gasteiger partial charge in [0.15, 0.2) is 5.03 Å². The van der Waals surface area contributed by atoms with E-state index >= 15 is 0 Å². The third-order valence-corrected chi connectivity index (χ3v) is 4.74. The van der Waals surface area contributed by atoms with E-state index in [1.54, 1.807) is 19.2 Å². The van der Waals surface area contributed by atoms with E-state index in [0.29, 0.717) is 18.8 Å². The molecule has 1 aromatic heterocycles. The lowest BCUT2D eigenvalue weighted by Crippen LogP contribution is -2.32. The van der Waals surface area contributed by atoms with Crippen LogP contribution in [0, 0.1) is 5.92 Å². The van der Waals surface area contributed by atoms with Crippen LogP contribution < -0.4 is 10.0 Å². The van der Waals surface area contributed by atoms with Crippen LogP contribution in [0.3, 0.4) is 0 Å². The summed E-state index contributed by atoms with van der Waals surface area (Å²) >= 11 is 0. The second kappa shape index (κ2) is 5.85. The van der Waals surface area contributed by atoms with E-state index in [-0.39, 0.29) is 17.0 Å². The number of anilines is 1. The minimum Gasteiger partial charge on any atom is -0.386 e. The molecule has 0 aliphatic carbocycles. The van der Waals surface area contributed by atoms with Crippen LogP contribution in [-0.4, -0.2) is 39.7 Å². The zero-order valence-corrected chi connectivity index (χ0v) is 11.9. The highest BCUT2D eigenvalue weighted by Gasteiger charge is 2.27. The van der Waals surface area contributed by atoms with Crippen molar-refractivity contribution in [2.75, 3.05) is 25.5 Å². The second-order valence-electron chi connectivity index (χ2n) is 4.58. The fourth-order valence-electron chi connectivity index (χ4n) is 2.12. The number of hydrogen-bond donors (Lipinski definition) is 2. The molecule has 1 aliphatic rings. The maximum atomic E-state index is 12.2. The number of nitrogens with zero attached hydrogens (tertiary/aromatic N) is 1. The highest BCUT2D eigenvalue weighted by atomic mass is 32.2. The van der Waals surface area contributed by atoms with Crippen LogP contribution >= 0.6 is 0 Å². The average molecular weight is 285 g/mol. The summed E-state index contributed by atoms with van der Waals surface area (Å²) in [4.78, 5) is 3.94. The molecular weight excluding hydrogens is 266 g/mol. The van der Waals surface area contributed by atoms with E-state index in [4.69, 9.17) is 4.74 Å². The van der Waals surface area contributed by atoms with E-state index in [1.165, 1.54) is 6.20 Å². The molecule has 0 bridgehead atoms. The average Bonchev–Trinajstić information content (AvgIpc) is 2.82. The summed E-state index contributed by atoms with van der Waals surface area (Å²) in [6.45, 7) is 3.04. The highest BCUT2D eigenvalue weighted by molar-refractivity contribution is 7.89. The molecule has 2 N–H and O–H groups in total. The number of sulfonamides is 1. The summed E-state index contributed by atoms with van der Waals surface area (Å²) in [7, 11) is -1.92. The molecule has 1 aliphatic heterocycles. The molecule has 2 rings (SSSR count). The first-order chi connectivity index (χ1) is 9.04. The molecule has 0 aromatic carbocycles. The smallest absolute Gasteiger partial charge is 0.260 e. The van der Waals surface area contributed by atoms with E-state index in [0.717, 1.165) is 6.42 Å². The van der Waals surface area contributed by atoms with Crippen LogP contribution in [0.1, 0.15) is 13.3 Å². The van der Waals surface area contributed by atoms with Gasteiger partial charge in [-0.05, 0) is 25.5 Å². The monoisotopic (exact) mass is 285 g/mol. The Balaban J connectivity index is 2.09. The van der Waals surface area contributed by atoms with Crippen molar-refractivity contribution in [2.45, 2.75) is 24.5 Å². The third-order valence-electron chi connectivity index (χ3n) is 3.36. The summed E-state index contributed by atoms with van der Waals surface area (Å²) in [6, 6.07) is 3.38. The van der Waals surface area contributed by atoms with Crippen molar-refractivity contribution in [1.29, 1.82) is 0 Å². The van der Waals surface area contributed by atoms with E-state index < -0.39 is 10.0 Å². The van der Waals surface area contributed by atoms with Gasteiger partial charge in [-0.3, -0.25) is 0 Å². The Bertz CT molecular complexity index is 533. The van der Waals surface area contributed by atoms with Gasteiger partial charge in [0.1, 0.15) is 0 Å². The van der Waals surface area contributed by atoms with Crippen molar-refractivity contribution < 1.29 is 13.2 Å². The third kappa shape index (κ3) is 3.23. The van der Waals surface area contributed by atoms with Crippen molar-refractivity contribution in [3.8, 4) is 0 Å². The molecule has 19 heavy (non-hydrogen) atoms. The van der Waals surface area contributed by atoms with Crippen molar-refractivity contribution in [3.05, 3.63) is 18.3 Å². The molecule has 2 unspecified atom stereocenters. The van der Waals surface area contributed by atoms with Gasteiger partial charge in [-0.15, -0.1) is 0 Å². The Hall–Kier alpha value is -1.18. The van der Waals surface area contributed by atoms with Gasteiger partial charge < -0.3 is 10.1 Å². The largest absolute Gasteiger partial charge is 0.386 e. The number of pyridine rings is 1. The minimum absolute atomic E-state index is 0.0315. The molecule has 1 aromatic rings. The van der Waals surface area contributed by atoms with Crippen LogP contribution in [0.25, 0.3) is 0 Å². The zero-order valence-electron chi connectivity index (χ0n) is 11.1. The van der Waals surface area contributed by atoms with Crippen molar-refractivity contribution in [1.82, 2.24) is 9.71 Å². The summed E-state index contributed by atoms with van der Waals surface area (Å²) in [5.41, 5.74) is 0.491. The van der Waals surface area contributed by atoms with Crippen molar-refractivity contribution in [3.63, 3.8) is 0 Å². The highest BCUT2D eigenvalue weighted by Crippen LogP contribution is 2.21. The maximum Gasteiger partial charge on any atom is 0.260 e. The predicted molar refractivity (Wildman–Crippen MR) is 72.5 cm³/mol. The van der Waals surface area contributed by atoms with Gasteiger partial charge in [0.05, 0.1) is 11.8 Å². The van der Waals surface area contributed by atoms with Gasteiger partial charge in [-0.25, -0.2) is 18.1 Å². The maximum absolute atomic E-state index is 12.2. The molecule has 2 atom stereocenters. The molecule has 0 radical (unpaired) electrons. The Morgan fingerprint density at radius 3 is 2.95 bits per heavy atom. The molecule has 0 saturated carbocycles. The molecule has 1 fully saturated rings. The topological polar surface area (TPSA) is 80.3 Å². The number of rotatable bonds is 5. The second-order valence-corrected chi connectivity index (χ2v) is 6.26. The van der Waals surface area contributed by atoms with Crippen LogP contribution in [0.2, 0.25) is 0 Å². The number of nitrogens with one attached hydrogen (secondary N) is 2. The molecule has 1 saturated heterocycles. The molecule has 0 spiro atoms. The quantitative estimate of drug-likeness (QED) is 0.837. The standard InChI is InChI=1S/C12H19N3O3S/c1-9-10(5-7-18-9)8-15-19(16,17)12-11(13-2)4-3-6-14-12/h3-4,6,9-10,13,15H,5,7-8H2,1-2H3. The summed E-state index contributed by atoms with van der Waals surface area (Å²) < 4.78 is 32.5. The Kier molecular flexibility index (Phi) is 4.38. The molecule has 6 nitrogen and oxygen atoms in total. The van der Waals surface area contributed by atoms with Gasteiger partial charge in [-0.1, -0.05) is 0 Å². The summed E-state index contributed by atoms with van der Waals surface area (Å²) in [5.74, 6) is 0.219. The van der Waals surface area contributed by atoms with Gasteiger partial charge in [0, 0.05) is 32.3 Å². The first-order valence-corrected chi connectivity index (χ1v) is 7.77. The first-order valence-electron chi connectivity index (χ1n) is 6.28. The van der Waals surface area contributed by atoms with Gasteiger partial charge in [0.2, 0.25) is 0 Å². The van der Waals surface area contributed by atoms with Gasteiger partial charge in [-0.2, -0.15) is 0 Å². The lowest BCUT2D eigenvalue weighted by Gasteiger charge is -2.15. The van der Waals surface area contributed by atoms with E-state index in [9.17, 15) is 8.42 Å². The molecular formula is C12H19N3O3S. The SMILES string of the molecule is CNc1cccnc1S(=O)(=O)NCC1CCOC1C. The van der Waals surface area contributed by atoms with Crippen LogP contribution in [0.4, 0.5) is 5.69 Å². The van der Waals surface area contributed by atoms with Crippen molar-refractivity contribution in [2.24, 2.45) is 5.92 Å². The lowest BCUT2D eigenvalue weighted by atomic mass is 10.0. The fourth-order valence-corrected chi connectivity index (χ4v) is 3.35. The molecule has 7 heteroatoms. The van der Waals surface area contributed by atoms with Crippen molar-refractivity contribution >= 4 is 15.7 Å². The van der Waals surface area contributed by atoms with E-state index in [2.05, 4.69) is 15.0 Å². The Labute approximate surface area is 113 Å². The normalized spacial score (nSPS) is 23.5. The molecule has 2 heterocycles. The summed E-state index contributed by atoms with van der Waals surface area (Å²) in [6.07, 6.45) is 2.44. The molecule has 0 amide bonds. The first kappa shape index (κ1) is 14.2. The van der Waals surface area contributed by atoms with Crippen LogP contribution in [-0.2, 0) is 14.8 Å². The Morgan fingerprint density at radius 2 is 2.32 bits per heavy atom. The Morgan fingerprint density at radius 1 is 1.53 bits per heavy atom. The summed E-state index contributed by atoms with van der Waals surface area (Å²) in [5, 5.41) is 2.86. The number of hydrogen-bond acceptors (Lipinski definition) is 5. The molecule has 106 valence electrons. The predicted octanol–water partition coefficient (Wildman–Crippen LogP) is 0.827. The van der Waals surface area contributed by atoms with Crippen LogP contribution in [0.15, 0.2) is 23.4 Å².